The summed E-state index contributed by atoms with van der Waals surface area (Å²) in [4.78, 5) is 21.8. The molecule has 1 fully saturated rings. The van der Waals surface area contributed by atoms with E-state index in [1.807, 2.05) is 49.5 Å². The third-order valence-electron chi connectivity index (χ3n) is 5.59. The van der Waals surface area contributed by atoms with Gasteiger partial charge in [-0.15, -0.1) is 0 Å². The largest absolute Gasteiger partial charge is 0.339 e. The first-order valence-electron chi connectivity index (χ1n) is 10.1. The molecule has 4 heterocycles. The monoisotopic (exact) mass is 434 g/mol. The van der Waals surface area contributed by atoms with E-state index in [0.29, 0.717) is 23.1 Å². The maximum atomic E-state index is 12.9. The lowest BCUT2D eigenvalue weighted by Gasteiger charge is -2.09. The lowest BCUT2D eigenvalue weighted by atomic mass is 10.1. The van der Waals surface area contributed by atoms with Gasteiger partial charge in [0.05, 0.1) is 12.1 Å². The Morgan fingerprint density at radius 1 is 1.29 bits per heavy atom. The van der Waals surface area contributed by atoms with Crippen LogP contribution in [0.15, 0.2) is 53.3 Å². The second-order valence-electron chi connectivity index (χ2n) is 7.57. The minimum atomic E-state index is -0.226. The molecule has 8 nitrogen and oxygen atoms in total. The van der Waals surface area contributed by atoms with Gasteiger partial charge in [0.25, 0.3) is 5.91 Å². The molecule has 9 heteroatoms. The first-order chi connectivity index (χ1) is 15.1. The van der Waals surface area contributed by atoms with E-state index in [0.717, 1.165) is 36.3 Å². The van der Waals surface area contributed by atoms with Crippen molar-refractivity contribution in [2.24, 2.45) is 0 Å². The standard InChI is InChI=1S/C22H22N6O2S/c1-14-6-7-15(20-25-22(30-26-20)16-8-10-27(13-16)31-2)11-17(14)24-21(29)18-12-23-19-5-3-4-9-28(18)19/h3-7,9,11-12,16H,8,10,13H2,1-2H3,(H,24,29). The molecule has 158 valence electrons. The number of aromatic nitrogens is 4. The van der Waals surface area contributed by atoms with Crippen molar-refractivity contribution in [3.8, 4) is 11.4 Å². The molecule has 0 bridgehead atoms. The average Bonchev–Trinajstić information content (AvgIpc) is 3.53. The third-order valence-corrected chi connectivity index (χ3v) is 6.44. The molecule has 4 aromatic rings. The molecule has 1 N–H and O–H groups in total. The van der Waals surface area contributed by atoms with E-state index in [4.69, 9.17) is 4.52 Å². The Balaban J connectivity index is 1.38. The normalized spacial score (nSPS) is 16.8. The molecule has 0 radical (unpaired) electrons. The number of benzene rings is 1. The number of fused-ring (bicyclic) bond motifs is 1. The highest BCUT2D eigenvalue weighted by molar-refractivity contribution is 7.96. The molecule has 3 aromatic heterocycles. The van der Waals surface area contributed by atoms with Crippen LogP contribution in [0.25, 0.3) is 17.0 Å². The van der Waals surface area contributed by atoms with Gasteiger partial charge in [-0.05, 0) is 43.4 Å². The van der Waals surface area contributed by atoms with Gasteiger partial charge in [-0.1, -0.05) is 35.3 Å². The van der Waals surface area contributed by atoms with Gasteiger partial charge < -0.3 is 9.84 Å². The molecule has 1 aromatic carbocycles. The zero-order chi connectivity index (χ0) is 21.4. The van der Waals surface area contributed by atoms with E-state index in [9.17, 15) is 4.79 Å². The molecule has 0 spiro atoms. The fourth-order valence-corrected chi connectivity index (χ4v) is 4.41. The first kappa shape index (κ1) is 19.8. The van der Waals surface area contributed by atoms with E-state index < -0.39 is 0 Å². The fraction of sp³-hybridized carbons (Fsp3) is 0.273. The SMILES string of the molecule is CSN1CCC(c2nc(-c3ccc(C)c(NC(=O)c4cnc5ccccn45)c3)no2)C1. The summed E-state index contributed by atoms with van der Waals surface area (Å²) in [5.74, 6) is 1.23. The number of carbonyl (C=O) groups is 1. The molecular formula is C22H22N6O2S. The number of imidazole rings is 1. The smallest absolute Gasteiger partial charge is 0.274 e. The molecular weight excluding hydrogens is 412 g/mol. The molecule has 1 atom stereocenters. The van der Waals surface area contributed by atoms with Gasteiger partial charge in [0, 0.05) is 30.5 Å². The number of amides is 1. The zero-order valence-corrected chi connectivity index (χ0v) is 18.1. The topological polar surface area (TPSA) is 88.6 Å². The van der Waals surface area contributed by atoms with E-state index in [-0.39, 0.29) is 11.8 Å². The third kappa shape index (κ3) is 3.82. The molecule has 1 unspecified atom stereocenters. The average molecular weight is 435 g/mol. The minimum Gasteiger partial charge on any atom is -0.339 e. The van der Waals surface area contributed by atoms with Crippen LogP contribution >= 0.6 is 11.9 Å². The Bertz CT molecular complexity index is 1250. The van der Waals surface area contributed by atoms with Crippen LogP contribution in [0.2, 0.25) is 0 Å². The number of nitrogens with zero attached hydrogens (tertiary/aromatic N) is 5. The van der Waals surface area contributed by atoms with Crippen molar-refractivity contribution in [2.45, 2.75) is 19.3 Å². The van der Waals surface area contributed by atoms with Crippen LogP contribution in [0.1, 0.15) is 34.3 Å². The molecule has 0 saturated carbocycles. The van der Waals surface area contributed by atoms with Crippen LogP contribution in [-0.2, 0) is 0 Å². The predicted octanol–water partition coefficient (Wildman–Crippen LogP) is 4.01. The summed E-state index contributed by atoms with van der Waals surface area (Å²) in [6.07, 6.45) is 6.49. The van der Waals surface area contributed by atoms with Crippen molar-refractivity contribution in [1.29, 1.82) is 0 Å². The van der Waals surface area contributed by atoms with Gasteiger partial charge >= 0.3 is 0 Å². The number of rotatable bonds is 5. The van der Waals surface area contributed by atoms with Crippen molar-refractivity contribution in [1.82, 2.24) is 23.8 Å². The minimum absolute atomic E-state index is 0.226. The number of hydrogen-bond acceptors (Lipinski definition) is 7. The zero-order valence-electron chi connectivity index (χ0n) is 17.3. The summed E-state index contributed by atoms with van der Waals surface area (Å²) < 4.78 is 9.62. The second-order valence-corrected chi connectivity index (χ2v) is 8.45. The van der Waals surface area contributed by atoms with Crippen molar-refractivity contribution >= 4 is 29.2 Å². The summed E-state index contributed by atoms with van der Waals surface area (Å²) in [5, 5.41) is 7.18. The number of carbonyl (C=O) groups excluding carboxylic acids is 1. The summed E-state index contributed by atoms with van der Waals surface area (Å²) in [7, 11) is 0. The summed E-state index contributed by atoms with van der Waals surface area (Å²) in [6.45, 7) is 3.88. The molecule has 1 aliphatic rings. The highest BCUT2D eigenvalue weighted by Crippen LogP contribution is 2.31. The van der Waals surface area contributed by atoms with Crippen LogP contribution < -0.4 is 5.32 Å². The van der Waals surface area contributed by atoms with Crippen LogP contribution in [-0.4, -0.2) is 49.1 Å². The van der Waals surface area contributed by atoms with E-state index in [1.54, 1.807) is 22.5 Å². The van der Waals surface area contributed by atoms with Gasteiger partial charge in [0.15, 0.2) is 0 Å². The van der Waals surface area contributed by atoms with Gasteiger partial charge in [0.1, 0.15) is 11.3 Å². The molecule has 5 rings (SSSR count). The van der Waals surface area contributed by atoms with E-state index >= 15 is 0 Å². The first-order valence-corrected chi connectivity index (χ1v) is 11.3. The summed E-state index contributed by atoms with van der Waals surface area (Å²) in [6, 6.07) is 11.4. The quantitative estimate of drug-likeness (QED) is 0.475. The number of nitrogens with one attached hydrogen (secondary N) is 1. The fourth-order valence-electron chi connectivity index (χ4n) is 3.80. The second kappa shape index (κ2) is 8.16. The highest BCUT2D eigenvalue weighted by atomic mass is 32.2. The van der Waals surface area contributed by atoms with Crippen LogP contribution in [0, 0.1) is 6.92 Å². The maximum absolute atomic E-state index is 12.9. The van der Waals surface area contributed by atoms with Gasteiger partial charge in [-0.25, -0.2) is 4.98 Å². The lowest BCUT2D eigenvalue weighted by Crippen LogP contribution is -2.15. The Kier molecular flexibility index (Phi) is 5.21. The van der Waals surface area contributed by atoms with Crippen molar-refractivity contribution in [3.63, 3.8) is 0 Å². The van der Waals surface area contributed by atoms with Crippen LogP contribution in [0.5, 0.6) is 0 Å². The molecule has 31 heavy (non-hydrogen) atoms. The molecule has 1 aliphatic heterocycles. The number of pyridine rings is 1. The van der Waals surface area contributed by atoms with Gasteiger partial charge in [0.2, 0.25) is 11.7 Å². The van der Waals surface area contributed by atoms with Gasteiger partial charge in [-0.2, -0.15) is 4.98 Å². The molecule has 1 saturated heterocycles. The van der Waals surface area contributed by atoms with Crippen molar-refractivity contribution < 1.29 is 9.32 Å². The van der Waals surface area contributed by atoms with Crippen LogP contribution in [0.4, 0.5) is 5.69 Å². The van der Waals surface area contributed by atoms with Crippen LogP contribution in [0.3, 0.4) is 0 Å². The Morgan fingerprint density at radius 2 is 2.19 bits per heavy atom. The Hall–Kier alpha value is -3.17. The summed E-state index contributed by atoms with van der Waals surface area (Å²) >= 11 is 1.74. The lowest BCUT2D eigenvalue weighted by molar-refractivity contribution is 0.102. The number of hydrogen-bond donors (Lipinski definition) is 1. The van der Waals surface area contributed by atoms with Gasteiger partial charge in [-0.3, -0.25) is 13.5 Å². The van der Waals surface area contributed by atoms with Crippen molar-refractivity contribution in [2.75, 3.05) is 24.7 Å². The predicted molar refractivity (Wildman–Crippen MR) is 120 cm³/mol. The Labute approximate surface area is 183 Å². The van der Waals surface area contributed by atoms with E-state index in [2.05, 4.69) is 31.0 Å². The number of anilines is 1. The summed E-state index contributed by atoms with van der Waals surface area (Å²) in [5.41, 5.74) is 3.65. The number of aryl methyl sites for hydroxylation is 1. The van der Waals surface area contributed by atoms with E-state index in [1.165, 1.54) is 0 Å². The van der Waals surface area contributed by atoms with Crippen molar-refractivity contribution in [3.05, 3.63) is 65.9 Å². The molecule has 0 aliphatic carbocycles. The molecule has 1 amide bonds. The highest BCUT2D eigenvalue weighted by Gasteiger charge is 2.28. The maximum Gasteiger partial charge on any atom is 0.274 e. The Morgan fingerprint density at radius 3 is 3.03 bits per heavy atom.